The Kier molecular flexibility index (Phi) is 7.06. The predicted molar refractivity (Wildman–Crippen MR) is 110 cm³/mol. The molecule has 26 heavy (non-hydrogen) atoms. The van der Waals surface area contributed by atoms with Crippen molar-refractivity contribution in [2.24, 2.45) is 0 Å². The molecule has 1 amide bonds. The molecule has 1 aliphatic heterocycles. The van der Waals surface area contributed by atoms with Gasteiger partial charge >= 0.3 is 0 Å². The largest absolute Gasteiger partial charge is 0.448 e. The average Bonchev–Trinajstić information content (AvgIpc) is 3.27. The summed E-state index contributed by atoms with van der Waals surface area (Å²) >= 11 is 1.58. The van der Waals surface area contributed by atoms with E-state index in [9.17, 15) is 4.79 Å². The van der Waals surface area contributed by atoms with Crippen LogP contribution in [0, 0.1) is 0 Å². The number of fused-ring (bicyclic) bond motifs is 1. The predicted octanol–water partition coefficient (Wildman–Crippen LogP) is 4.22. The van der Waals surface area contributed by atoms with E-state index in [4.69, 9.17) is 4.42 Å². The molecule has 3 aromatic rings. The molecule has 4 rings (SSSR count). The molecule has 0 radical (unpaired) electrons. The van der Waals surface area contributed by atoms with Gasteiger partial charge in [-0.25, -0.2) is 4.98 Å². The quantitative estimate of drug-likeness (QED) is 0.697. The number of nitrogens with one attached hydrogen (secondary N) is 1. The summed E-state index contributed by atoms with van der Waals surface area (Å²) in [7, 11) is 1.94. The van der Waals surface area contributed by atoms with Crippen LogP contribution in [0.3, 0.4) is 0 Å². The summed E-state index contributed by atoms with van der Waals surface area (Å²) in [5, 5.41) is 4.06. The number of benzene rings is 1. The Morgan fingerprint density at radius 3 is 2.85 bits per heavy atom. The summed E-state index contributed by atoms with van der Waals surface area (Å²) in [4.78, 5) is 19.1. The van der Waals surface area contributed by atoms with Crippen molar-refractivity contribution in [1.82, 2.24) is 15.2 Å². The summed E-state index contributed by atoms with van der Waals surface area (Å²) in [5.74, 6) is 1.00. The van der Waals surface area contributed by atoms with Gasteiger partial charge < -0.3 is 14.6 Å². The molecule has 0 aliphatic carbocycles. The normalized spacial score (nSPS) is 16.8. The number of furan rings is 1. The highest BCUT2D eigenvalue weighted by atomic mass is 35.5. The third-order valence-electron chi connectivity index (χ3n) is 4.44. The number of carbonyl (C=O) groups excluding carboxylic acids is 1. The van der Waals surface area contributed by atoms with E-state index in [2.05, 4.69) is 10.3 Å². The van der Waals surface area contributed by atoms with Gasteiger partial charge in [0.25, 0.3) is 5.91 Å². The molecule has 0 spiro atoms. The molecular weight excluding hydrogens is 393 g/mol. The zero-order chi connectivity index (χ0) is 16.5. The van der Waals surface area contributed by atoms with Crippen molar-refractivity contribution in [3.63, 3.8) is 0 Å². The molecule has 1 fully saturated rings. The lowest BCUT2D eigenvalue weighted by Gasteiger charge is -2.31. The van der Waals surface area contributed by atoms with Gasteiger partial charge in [-0.2, -0.15) is 0 Å². The average molecular weight is 414 g/mol. The maximum Gasteiger partial charge on any atom is 0.289 e. The van der Waals surface area contributed by atoms with Crippen molar-refractivity contribution >= 4 is 52.3 Å². The van der Waals surface area contributed by atoms with Gasteiger partial charge in [0.2, 0.25) is 0 Å². The van der Waals surface area contributed by atoms with Crippen LogP contribution in [0.5, 0.6) is 0 Å². The maximum absolute atomic E-state index is 12.7. The number of halogens is 2. The van der Waals surface area contributed by atoms with Crippen molar-refractivity contribution in [3.8, 4) is 10.8 Å². The first-order valence-electron chi connectivity index (χ1n) is 8.17. The van der Waals surface area contributed by atoms with Crippen LogP contribution in [0.4, 0.5) is 0 Å². The Hall–Kier alpha value is -1.60. The van der Waals surface area contributed by atoms with Crippen LogP contribution in [0.1, 0.15) is 23.4 Å². The molecule has 1 unspecified atom stereocenters. The van der Waals surface area contributed by atoms with E-state index in [1.165, 1.54) is 0 Å². The molecule has 5 nitrogen and oxygen atoms in total. The number of amides is 1. The van der Waals surface area contributed by atoms with Gasteiger partial charge in [0.05, 0.1) is 10.2 Å². The van der Waals surface area contributed by atoms with E-state index >= 15 is 0 Å². The van der Waals surface area contributed by atoms with Crippen molar-refractivity contribution in [2.75, 3.05) is 20.1 Å². The molecule has 1 saturated heterocycles. The summed E-state index contributed by atoms with van der Waals surface area (Å²) in [6, 6.07) is 11.9. The third kappa shape index (κ3) is 4.04. The van der Waals surface area contributed by atoms with Crippen molar-refractivity contribution in [2.45, 2.75) is 18.9 Å². The molecule has 1 aromatic carbocycles. The smallest absolute Gasteiger partial charge is 0.289 e. The number of rotatable bonds is 3. The summed E-state index contributed by atoms with van der Waals surface area (Å²) in [6.07, 6.45) is 2.12. The SMILES string of the molecule is CNC1CCCN(C(=O)c2ccc(-c3nc4ccccc4s3)o2)C1.Cl.Cl. The van der Waals surface area contributed by atoms with Crippen LogP contribution < -0.4 is 5.32 Å². The van der Waals surface area contributed by atoms with E-state index in [1.807, 2.05) is 42.3 Å². The zero-order valence-corrected chi connectivity index (χ0v) is 16.8. The molecule has 140 valence electrons. The highest BCUT2D eigenvalue weighted by Crippen LogP contribution is 2.31. The first-order valence-corrected chi connectivity index (χ1v) is 8.98. The molecule has 1 atom stereocenters. The van der Waals surface area contributed by atoms with E-state index in [-0.39, 0.29) is 30.7 Å². The van der Waals surface area contributed by atoms with Crippen molar-refractivity contribution < 1.29 is 9.21 Å². The van der Waals surface area contributed by atoms with Crippen LogP contribution in [-0.4, -0.2) is 42.0 Å². The minimum absolute atomic E-state index is 0. The van der Waals surface area contributed by atoms with Gasteiger partial charge in [-0.05, 0) is 44.2 Å². The minimum atomic E-state index is -0.0395. The van der Waals surface area contributed by atoms with Crippen molar-refractivity contribution in [1.29, 1.82) is 0 Å². The first-order chi connectivity index (χ1) is 11.7. The van der Waals surface area contributed by atoms with E-state index < -0.39 is 0 Å². The van der Waals surface area contributed by atoms with Crippen molar-refractivity contribution in [3.05, 3.63) is 42.2 Å². The lowest BCUT2D eigenvalue weighted by Crippen LogP contribution is -2.46. The Labute approximate surface area is 168 Å². The van der Waals surface area contributed by atoms with Crippen LogP contribution >= 0.6 is 36.2 Å². The number of likely N-dealkylation sites (tertiary alicyclic amines) is 1. The topological polar surface area (TPSA) is 58.4 Å². The third-order valence-corrected chi connectivity index (χ3v) is 5.49. The fourth-order valence-corrected chi connectivity index (χ4v) is 4.03. The van der Waals surface area contributed by atoms with Gasteiger partial charge in [-0.3, -0.25) is 4.79 Å². The van der Waals surface area contributed by atoms with Crippen LogP contribution in [0.15, 0.2) is 40.8 Å². The molecule has 2 aromatic heterocycles. The standard InChI is InChI=1S/C18H19N3O2S.2ClH/c1-19-12-5-4-10-21(11-12)18(22)15-9-8-14(23-15)17-20-13-6-2-3-7-16(13)24-17;;/h2-3,6-9,12,19H,4-5,10-11H2,1H3;2*1H. The Bertz CT molecular complexity index is 847. The zero-order valence-electron chi connectivity index (χ0n) is 14.3. The fraction of sp³-hybridized carbons (Fsp3) is 0.333. The molecular formula is C18H21Cl2N3O2S. The Balaban J connectivity index is 0.00000121. The lowest BCUT2D eigenvalue weighted by molar-refractivity contribution is 0.0667. The second kappa shape index (κ2) is 8.86. The van der Waals surface area contributed by atoms with Gasteiger partial charge in [-0.15, -0.1) is 36.2 Å². The van der Waals surface area contributed by atoms with Gasteiger partial charge in [0, 0.05) is 19.1 Å². The number of nitrogens with zero attached hydrogens (tertiary/aromatic N) is 2. The van der Waals surface area contributed by atoms with Crippen LogP contribution in [0.2, 0.25) is 0 Å². The van der Waals surface area contributed by atoms with Crippen LogP contribution in [-0.2, 0) is 0 Å². The maximum atomic E-state index is 12.7. The highest BCUT2D eigenvalue weighted by molar-refractivity contribution is 7.21. The first kappa shape index (κ1) is 20.7. The van der Waals surface area contributed by atoms with Gasteiger partial charge in [0.1, 0.15) is 0 Å². The number of likely N-dealkylation sites (N-methyl/N-ethyl adjacent to an activating group) is 1. The molecule has 1 aliphatic rings. The Morgan fingerprint density at radius 1 is 1.27 bits per heavy atom. The fourth-order valence-electron chi connectivity index (χ4n) is 3.10. The number of para-hydroxylation sites is 1. The number of carbonyl (C=O) groups is 1. The van der Waals surface area contributed by atoms with Gasteiger partial charge in [0.15, 0.2) is 16.5 Å². The monoisotopic (exact) mass is 413 g/mol. The lowest BCUT2D eigenvalue weighted by atomic mass is 10.1. The number of piperidine rings is 1. The van der Waals surface area contributed by atoms with Gasteiger partial charge in [-0.1, -0.05) is 12.1 Å². The minimum Gasteiger partial charge on any atom is -0.448 e. The summed E-state index contributed by atoms with van der Waals surface area (Å²) in [5.41, 5.74) is 0.953. The Morgan fingerprint density at radius 2 is 2.08 bits per heavy atom. The van der Waals surface area contributed by atoms with E-state index in [0.29, 0.717) is 17.6 Å². The second-order valence-electron chi connectivity index (χ2n) is 6.03. The number of hydrogen-bond donors (Lipinski definition) is 1. The number of aromatic nitrogens is 1. The molecule has 1 N–H and O–H groups in total. The molecule has 0 saturated carbocycles. The molecule has 0 bridgehead atoms. The number of thiazole rings is 1. The highest BCUT2D eigenvalue weighted by Gasteiger charge is 2.25. The summed E-state index contributed by atoms with van der Waals surface area (Å²) < 4.78 is 6.93. The van der Waals surface area contributed by atoms with E-state index in [0.717, 1.165) is 41.2 Å². The van der Waals surface area contributed by atoms with E-state index in [1.54, 1.807) is 17.4 Å². The molecule has 3 heterocycles. The second-order valence-corrected chi connectivity index (χ2v) is 7.06. The molecule has 8 heteroatoms. The summed E-state index contributed by atoms with van der Waals surface area (Å²) in [6.45, 7) is 1.51. The number of hydrogen-bond acceptors (Lipinski definition) is 5. The van der Waals surface area contributed by atoms with Crippen LogP contribution in [0.25, 0.3) is 21.0 Å².